The van der Waals surface area contributed by atoms with Gasteiger partial charge in [0.05, 0.1) is 34.2 Å². The van der Waals surface area contributed by atoms with Crippen LogP contribution in [0.15, 0.2) is 24.3 Å². The van der Waals surface area contributed by atoms with Crippen LogP contribution < -0.4 is 10.1 Å². The Morgan fingerprint density at radius 1 is 1.08 bits per heavy atom. The third-order valence-electron chi connectivity index (χ3n) is 3.52. The number of amides is 1. The van der Waals surface area contributed by atoms with Gasteiger partial charge in [-0.1, -0.05) is 13.3 Å². The summed E-state index contributed by atoms with van der Waals surface area (Å²) in [5.41, 5.74) is 0.543. The van der Waals surface area contributed by atoms with Crippen molar-refractivity contribution in [3.05, 3.63) is 29.8 Å². The summed E-state index contributed by atoms with van der Waals surface area (Å²) in [5.74, 6) is 0.249. The number of unbranched alkanes of at least 4 members (excludes halogenated alkanes) is 1. The van der Waals surface area contributed by atoms with Gasteiger partial charge in [0, 0.05) is 12.1 Å². The number of carbonyl (C=O) groups is 2. The van der Waals surface area contributed by atoms with E-state index in [1.807, 2.05) is 21.1 Å². The van der Waals surface area contributed by atoms with Crippen LogP contribution in [-0.2, 0) is 9.53 Å². The fraction of sp³-hybridized carbons (Fsp3) is 0.579. The number of hydrogen-bond donors (Lipinski definition) is 1. The van der Waals surface area contributed by atoms with Crippen LogP contribution in [0.3, 0.4) is 0 Å². The predicted octanol–water partition coefficient (Wildman–Crippen LogP) is 2.23. The topological polar surface area (TPSA) is 64.6 Å². The minimum Gasteiger partial charge on any atom is -0.494 e. The van der Waals surface area contributed by atoms with Crippen molar-refractivity contribution in [3.8, 4) is 5.75 Å². The van der Waals surface area contributed by atoms with E-state index in [2.05, 4.69) is 12.2 Å². The van der Waals surface area contributed by atoms with Gasteiger partial charge in [0.2, 0.25) is 0 Å². The molecule has 1 rings (SSSR count). The van der Waals surface area contributed by atoms with Gasteiger partial charge in [0.1, 0.15) is 18.9 Å². The van der Waals surface area contributed by atoms with Gasteiger partial charge >= 0.3 is 5.97 Å². The van der Waals surface area contributed by atoms with Crippen LogP contribution in [0.1, 0.15) is 36.5 Å². The van der Waals surface area contributed by atoms with Crippen molar-refractivity contribution in [2.45, 2.75) is 26.2 Å². The van der Waals surface area contributed by atoms with Crippen molar-refractivity contribution in [1.82, 2.24) is 5.32 Å². The standard InChI is InChI=1S/C19H30N2O4/c1-5-6-14-24-17-9-7-16(8-10-17)19(23)20-12-11-18(22)25-15-13-21(2,3)4/h7-10H,5-6,11-15H2,1-4H3/p+1. The molecule has 0 aliphatic rings. The molecule has 1 N–H and O–H groups in total. The third kappa shape index (κ3) is 9.72. The molecule has 25 heavy (non-hydrogen) atoms. The molecule has 0 saturated heterocycles. The molecule has 140 valence electrons. The summed E-state index contributed by atoms with van der Waals surface area (Å²) in [5, 5.41) is 2.72. The van der Waals surface area contributed by atoms with Gasteiger partial charge in [-0.05, 0) is 30.7 Å². The number of nitrogens with one attached hydrogen (secondary N) is 1. The fourth-order valence-electron chi connectivity index (χ4n) is 1.92. The molecule has 0 radical (unpaired) electrons. The Bertz CT molecular complexity index is 535. The number of hydrogen-bond acceptors (Lipinski definition) is 4. The molecule has 0 spiro atoms. The van der Waals surface area contributed by atoms with Crippen LogP contribution in [0.2, 0.25) is 0 Å². The highest BCUT2D eigenvalue weighted by Gasteiger charge is 2.10. The summed E-state index contributed by atoms with van der Waals surface area (Å²) in [7, 11) is 6.11. The Labute approximate surface area is 150 Å². The van der Waals surface area contributed by atoms with Crippen molar-refractivity contribution in [2.75, 3.05) is 47.4 Å². The number of rotatable bonds is 11. The molecule has 1 aromatic rings. The molecular formula is C19H31N2O4+. The maximum absolute atomic E-state index is 12.0. The minimum atomic E-state index is -0.298. The lowest BCUT2D eigenvalue weighted by atomic mass is 10.2. The SMILES string of the molecule is CCCCOc1ccc(C(=O)NCCC(=O)OCC[N+](C)(C)C)cc1. The van der Waals surface area contributed by atoms with E-state index in [0.29, 0.717) is 18.8 Å². The number of ether oxygens (including phenoxy) is 2. The van der Waals surface area contributed by atoms with Gasteiger partial charge in [-0.2, -0.15) is 0 Å². The lowest BCUT2D eigenvalue weighted by Gasteiger charge is -2.23. The molecule has 0 unspecified atom stereocenters. The summed E-state index contributed by atoms with van der Waals surface area (Å²) in [6.45, 7) is 4.19. The van der Waals surface area contributed by atoms with Gasteiger partial charge in [-0.3, -0.25) is 9.59 Å². The molecule has 0 heterocycles. The molecule has 0 aliphatic heterocycles. The van der Waals surface area contributed by atoms with Crippen molar-refractivity contribution >= 4 is 11.9 Å². The number of quaternary nitrogens is 1. The Morgan fingerprint density at radius 3 is 2.36 bits per heavy atom. The highest BCUT2D eigenvalue weighted by atomic mass is 16.5. The number of benzene rings is 1. The molecule has 0 fully saturated rings. The highest BCUT2D eigenvalue weighted by Crippen LogP contribution is 2.12. The maximum Gasteiger partial charge on any atom is 0.307 e. The third-order valence-corrected chi connectivity index (χ3v) is 3.52. The normalized spacial score (nSPS) is 11.0. The summed E-state index contributed by atoms with van der Waals surface area (Å²) in [6.07, 6.45) is 2.26. The first-order valence-electron chi connectivity index (χ1n) is 8.79. The molecule has 0 bridgehead atoms. The van der Waals surface area contributed by atoms with E-state index >= 15 is 0 Å². The Kier molecular flexibility index (Phi) is 8.99. The molecule has 6 heteroatoms. The summed E-state index contributed by atoms with van der Waals surface area (Å²) in [6, 6.07) is 7.00. The van der Waals surface area contributed by atoms with Crippen LogP contribution in [-0.4, -0.2) is 63.8 Å². The molecule has 1 amide bonds. The summed E-state index contributed by atoms with van der Waals surface area (Å²) >= 11 is 0. The van der Waals surface area contributed by atoms with E-state index < -0.39 is 0 Å². The highest BCUT2D eigenvalue weighted by molar-refractivity contribution is 5.94. The second-order valence-electron chi connectivity index (χ2n) is 6.97. The van der Waals surface area contributed by atoms with Crippen LogP contribution in [0, 0.1) is 0 Å². The Balaban J connectivity index is 2.26. The average molecular weight is 351 g/mol. The molecule has 1 aromatic carbocycles. The summed E-state index contributed by atoms with van der Waals surface area (Å²) in [4.78, 5) is 23.7. The lowest BCUT2D eigenvalue weighted by Crippen LogP contribution is -2.38. The minimum absolute atomic E-state index is 0.168. The van der Waals surface area contributed by atoms with E-state index in [9.17, 15) is 9.59 Å². The van der Waals surface area contributed by atoms with Gasteiger partial charge in [0.15, 0.2) is 0 Å². The smallest absolute Gasteiger partial charge is 0.307 e. The van der Waals surface area contributed by atoms with Crippen molar-refractivity contribution < 1.29 is 23.5 Å². The average Bonchev–Trinajstić information content (AvgIpc) is 2.54. The molecule has 0 aliphatic carbocycles. The van der Waals surface area contributed by atoms with Gasteiger partial charge < -0.3 is 19.3 Å². The zero-order valence-electron chi connectivity index (χ0n) is 15.8. The number of carbonyl (C=O) groups excluding carboxylic acids is 2. The quantitative estimate of drug-likeness (QED) is 0.377. The van der Waals surface area contributed by atoms with Crippen LogP contribution in [0.25, 0.3) is 0 Å². The number of nitrogens with zero attached hydrogens (tertiary/aromatic N) is 1. The van der Waals surface area contributed by atoms with Crippen LogP contribution in [0.5, 0.6) is 5.75 Å². The van der Waals surface area contributed by atoms with Crippen molar-refractivity contribution in [1.29, 1.82) is 0 Å². The predicted molar refractivity (Wildman–Crippen MR) is 97.7 cm³/mol. The fourth-order valence-corrected chi connectivity index (χ4v) is 1.92. The molecule has 0 saturated carbocycles. The zero-order valence-corrected chi connectivity index (χ0v) is 15.8. The van der Waals surface area contributed by atoms with Crippen molar-refractivity contribution in [2.24, 2.45) is 0 Å². The lowest BCUT2D eigenvalue weighted by molar-refractivity contribution is -0.870. The van der Waals surface area contributed by atoms with E-state index in [1.54, 1.807) is 24.3 Å². The van der Waals surface area contributed by atoms with E-state index in [0.717, 1.165) is 29.6 Å². The molecule has 0 aromatic heterocycles. The van der Waals surface area contributed by atoms with Gasteiger partial charge in [-0.25, -0.2) is 0 Å². The first-order chi connectivity index (χ1) is 11.8. The second-order valence-corrected chi connectivity index (χ2v) is 6.97. The zero-order chi connectivity index (χ0) is 18.7. The maximum atomic E-state index is 12.0. The molecule has 0 atom stereocenters. The second kappa shape index (κ2) is 10.7. The first kappa shape index (κ1) is 21.0. The van der Waals surface area contributed by atoms with Gasteiger partial charge in [-0.15, -0.1) is 0 Å². The van der Waals surface area contributed by atoms with E-state index in [4.69, 9.17) is 9.47 Å². The Morgan fingerprint density at radius 2 is 1.76 bits per heavy atom. The van der Waals surface area contributed by atoms with E-state index in [-0.39, 0.29) is 24.8 Å². The molecular weight excluding hydrogens is 320 g/mol. The van der Waals surface area contributed by atoms with Crippen LogP contribution >= 0.6 is 0 Å². The first-order valence-corrected chi connectivity index (χ1v) is 8.79. The van der Waals surface area contributed by atoms with E-state index in [1.165, 1.54) is 0 Å². The largest absolute Gasteiger partial charge is 0.494 e. The van der Waals surface area contributed by atoms with Gasteiger partial charge in [0.25, 0.3) is 5.91 Å². The summed E-state index contributed by atoms with van der Waals surface area (Å²) < 4.78 is 11.4. The Hall–Kier alpha value is -2.08. The monoisotopic (exact) mass is 351 g/mol. The van der Waals surface area contributed by atoms with Crippen LogP contribution in [0.4, 0.5) is 0 Å². The number of esters is 1. The van der Waals surface area contributed by atoms with Crippen molar-refractivity contribution in [3.63, 3.8) is 0 Å². The molecule has 6 nitrogen and oxygen atoms in total. The number of likely N-dealkylation sites (N-methyl/N-ethyl adjacent to an activating group) is 1.